The second-order valence-corrected chi connectivity index (χ2v) is 10.8. The Morgan fingerprint density at radius 3 is 2.76 bits per heavy atom. The first-order valence-corrected chi connectivity index (χ1v) is 13.1. The molecule has 3 N–H and O–H groups in total. The number of nitrogens with one attached hydrogen (secondary N) is 2. The van der Waals surface area contributed by atoms with Gasteiger partial charge in [-0.05, 0) is 56.2 Å². The highest BCUT2D eigenvalue weighted by molar-refractivity contribution is 6.33. The van der Waals surface area contributed by atoms with E-state index in [4.69, 9.17) is 21.3 Å². The molecule has 0 spiro atoms. The summed E-state index contributed by atoms with van der Waals surface area (Å²) in [6.45, 7) is 7.41. The van der Waals surface area contributed by atoms with E-state index in [-0.39, 0.29) is 11.9 Å². The molecule has 37 heavy (non-hydrogen) atoms. The molecule has 3 aromatic rings. The van der Waals surface area contributed by atoms with Crippen LogP contribution in [0.25, 0.3) is 16.9 Å². The minimum absolute atomic E-state index is 0.117. The lowest BCUT2D eigenvalue weighted by atomic mass is 9.96. The molecule has 2 aromatic heterocycles. The largest absolute Gasteiger partial charge is 0.481 e. The summed E-state index contributed by atoms with van der Waals surface area (Å²) in [6.07, 6.45) is 3.52. The van der Waals surface area contributed by atoms with E-state index >= 15 is 0 Å². The van der Waals surface area contributed by atoms with E-state index in [2.05, 4.69) is 45.4 Å². The maximum Gasteiger partial charge on any atom is 0.220 e. The molecular weight excluding hydrogens is 490 g/mol. The van der Waals surface area contributed by atoms with Crippen LogP contribution >= 0.6 is 11.6 Å². The Hall–Kier alpha value is -2.91. The molecule has 8 nitrogen and oxygen atoms in total. The van der Waals surface area contributed by atoms with Gasteiger partial charge in [0.15, 0.2) is 0 Å². The fraction of sp³-hybridized carbons (Fsp3) is 0.429. The van der Waals surface area contributed by atoms with Crippen molar-refractivity contribution in [3.63, 3.8) is 0 Å². The van der Waals surface area contributed by atoms with E-state index < -0.39 is 5.60 Å². The van der Waals surface area contributed by atoms with E-state index in [1.807, 2.05) is 31.2 Å². The van der Waals surface area contributed by atoms with Gasteiger partial charge in [0, 0.05) is 73.9 Å². The lowest BCUT2D eigenvalue weighted by Crippen LogP contribution is -2.59. The molecule has 4 heterocycles. The standard InChI is InChI=1S/C28H34ClN5O3/c1-18-10-11-34(25(18)15-33-16-28(2,36)17-33)21-6-7-22(23(29)12-21)24-8-4-19(27(32-24)37-3)13-30-14-20-5-9-26(35)31-20/h4,6-8,10-12,20,30,36H,5,9,13-17H2,1-3H3,(H,31,35)/t20-/m0/s1. The number of carbonyl (C=O) groups is 1. The first kappa shape index (κ1) is 25.7. The molecule has 0 bridgehead atoms. The van der Waals surface area contributed by atoms with E-state index in [9.17, 15) is 9.90 Å². The molecule has 0 radical (unpaired) electrons. The highest BCUT2D eigenvalue weighted by Crippen LogP contribution is 2.32. The number of hydrogen-bond acceptors (Lipinski definition) is 6. The van der Waals surface area contributed by atoms with Crippen LogP contribution in [0.15, 0.2) is 42.6 Å². The Kier molecular flexibility index (Phi) is 7.27. The van der Waals surface area contributed by atoms with Gasteiger partial charge in [0.05, 0.1) is 23.4 Å². The molecule has 0 unspecified atom stereocenters. The van der Waals surface area contributed by atoms with Crippen molar-refractivity contribution in [3.8, 4) is 22.8 Å². The average molecular weight is 524 g/mol. The zero-order valence-corrected chi connectivity index (χ0v) is 22.3. The number of benzene rings is 1. The number of hydrogen-bond donors (Lipinski definition) is 3. The number of amides is 1. The fourth-order valence-corrected chi connectivity index (χ4v) is 5.52. The Morgan fingerprint density at radius 2 is 2.08 bits per heavy atom. The van der Waals surface area contributed by atoms with Gasteiger partial charge in [-0.2, -0.15) is 0 Å². The summed E-state index contributed by atoms with van der Waals surface area (Å²) in [5.41, 5.74) is 5.30. The molecule has 1 amide bonds. The van der Waals surface area contributed by atoms with Crippen LogP contribution in [0, 0.1) is 6.92 Å². The lowest BCUT2D eigenvalue weighted by Gasteiger charge is -2.44. The van der Waals surface area contributed by atoms with E-state index in [1.54, 1.807) is 7.11 Å². The normalized spacial score (nSPS) is 19.1. The van der Waals surface area contributed by atoms with Crippen molar-refractivity contribution in [1.29, 1.82) is 0 Å². The molecule has 1 atom stereocenters. The highest BCUT2D eigenvalue weighted by atomic mass is 35.5. The Balaban J connectivity index is 1.30. The minimum Gasteiger partial charge on any atom is -0.481 e. The SMILES string of the molecule is COc1nc(-c2ccc(-n3ccc(C)c3CN3CC(C)(O)C3)cc2Cl)ccc1CNC[C@@H]1CCC(=O)N1. The number of aromatic nitrogens is 2. The van der Waals surface area contributed by atoms with Crippen LogP contribution in [-0.2, 0) is 17.9 Å². The smallest absolute Gasteiger partial charge is 0.220 e. The van der Waals surface area contributed by atoms with E-state index in [1.165, 1.54) is 11.3 Å². The number of halogens is 1. The number of aliphatic hydroxyl groups is 1. The lowest BCUT2D eigenvalue weighted by molar-refractivity contribution is -0.119. The molecule has 1 aromatic carbocycles. The van der Waals surface area contributed by atoms with Crippen LogP contribution in [0.4, 0.5) is 0 Å². The summed E-state index contributed by atoms with van der Waals surface area (Å²) in [7, 11) is 1.62. The quantitative estimate of drug-likeness (QED) is 0.398. The second-order valence-electron chi connectivity index (χ2n) is 10.4. The Morgan fingerprint density at radius 1 is 1.27 bits per heavy atom. The first-order valence-electron chi connectivity index (χ1n) is 12.7. The Labute approximate surface area is 222 Å². The summed E-state index contributed by atoms with van der Waals surface area (Å²) < 4.78 is 7.74. The van der Waals surface area contributed by atoms with Gasteiger partial charge < -0.3 is 25.0 Å². The number of likely N-dealkylation sites (tertiary alicyclic amines) is 1. The maximum absolute atomic E-state index is 11.4. The molecular formula is C28H34ClN5O3. The molecule has 5 rings (SSSR count). The maximum atomic E-state index is 11.4. The van der Waals surface area contributed by atoms with Gasteiger partial charge in [0.25, 0.3) is 0 Å². The molecule has 2 aliphatic heterocycles. The van der Waals surface area contributed by atoms with Crippen LogP contribution in [-0.4, -0.2) is 63.9 Å². The number of pyridine rings is 1. The number of methoxy groups -OCH3 is 1. The minimum atomic E-state index is -0.594. The van der Waals surface area contributed by atoms with Crippen molar-refractivity contribution >= 4 is 17.5 Å². The van der Waals surface area contributed by atoms with E-state index in [0.29, 0.717) is 43.5 Å². The number of carbonyl (C=O) groups excluding carboxylic acids is 1. The highest BCUT2D eigenvalue weighted by Gasteiger charge is 2.36. The summed E-state index contributed by atoms with van der Waals surface area (Å²) in [6, 6.07) is 12.2. The first-order chi connectivity index (χ1) is 17.7. The summed E-state index contributed by atoms with van der Waals surface area (Å²) >= 11 is 6.77. The van der Waals surface area contributed by atoms with Crippen molar-refractivity contribution in [2.75, 3.05) is 26.7 Å². The predicted molar refractivity (Wildman–Crippen MR) is 144 cm³/mol. The van der Waals surface area contributed by atoms with Crippen LogP contribution < -0.4 is 15.4 Å². The summed E-state index contributed by atoms with van der Waals surface area (Å²) in [5.74, 6) is 0.668. The third-order valence-corrected chi connectivity index (χ3v) is 7.46. The molecule has 2 aliphatic rings. The molecule has 0 saturated carbocycles. The van der Waals surface area contributed by atoms with Crippen LogP contribution in [0.5, 0.6) is 5.88 Å². The number of nitrogens with zero attached hydrogens (tertiary/aromatic N) is 3. The second kappa shape index (κ2) is 10.5. The Bertz CT molecular complexity index is 1300. The van der Waals surface area contributed by atoms with Gasteiger partial charge >= 0.3 is 0 Å². The molecule has 9 heteroatoms. The van der Waals surface area contributed by atoms with Crippen molar-refractivity contribution < 1.29 is 14.6 Å². The van der Waals surface area contributed by atoms with Crippen LogP contribution in [0.3, 0.4) is 0 Å². The number of β-amino-alcohol motifs (C(OH)–C–C–N with tert-alkyl or cyclic N) is 1. The van der Waals surface area contributed by atoms with Crippen molar-refractivity contribution in [2.45, 2.75) is 51.4 Å². The van der Waals surface area contributed by atoms with Gasteiger partial charge in [-0.25, -0.2) is 4.98 Å². The van der Waals surface area contributed by atoms with E-state index in [0.717, 1.165) is 35.5 Å². The zero-order chi connectivity index (χ0) is 26.2. The molecule has 196 valence electrons. The van der Waals surface area contributed by atoms with Crippen molar-refractivity contribution in [1.82, 2.24) is 25.1 Å². The topological polar surface area (TPSA) is 91.7 Å². The average Bonchev–Trinajstić information content (AvgIpc) is 3.43. The van der Waals surface area contributed by atoms with Crippen LogP contribution in [0.2, 0.25) is 5.02 Å². The summed E-state index contributed by atoms with van der Waals surface area (Å²) in [4.78, 5) is 18.4. The molecule has 2 fully saturated rings. The van der Waals surface area contributed by atoms with Gasteiger partial charge in [0.1, 0.15) is 0 Å². The van der Waals surface area contributed by atoms with Gasteiger partial charge in [-0.15, -0.1) is 0 Å². The molecule has 2 saturated heterocycles. The summed E-state index contributed by atoms with van der Waals surface area (Å²) in [5, 5.41) is 17.1. The fourth-order valence-electron chi connectivity index (χ4n) is 5.25. The van der Waals surface area contributed by atoms with Crippen molar-refractivity contribution in [2.24, 2.45) is 0 Å². The predicted octanol–water partition coefficient (Wildman–Crippen LogP) is 3.44. The van der Waals surface area contributed by atoms with Crippen LogP contribution in [0.1, 0.15) is 36.6 Å². The molecule has 0 aliphatic carbocycles. The van der Waals surface area contributed by atoms with Gasteiger partial charge in [0.2, 0.25) is 11.8 Å². The number of ether oxygens (including phenoxy) is 1. The van der Waals surface area contributed by atoms with Crippen molar-refractivity contribution in [3.05, 3.63) is 64.4 Å². The third kappa shape index (κ3) is 5.67. The number of rotatable bonds is 9. The van der Waals surface area contributed by atoms with Gasteiger partial charge in [-0.1, -0.05) is 17.7 Å². The third-order valence-electron chi connectivity index (χ3n) is 7.15. The number of aryl methyl sites for hydroxylation is 1. The zero-order valence-electron chi connectivity index (χ0n) is 21.6. The van der Waals surface area contributed by atoms with Gasteiger partial charge in [-0.3, -0.25) is 9.69 Å². The monoisotopic (exact) mass is 523 g/mol.